The zero-order valence-electron chi connectivity index (χ0n) is 9.76. The highest BCUT2D eigenvalue weighted by atomic mass is 35.5. The minimum atomic E-state index is -0.916. The van der Waals surface area contributed by atoms with Crippen LogP contribution in [0.1, 0.15) is 30.6 Å². The van der Waals surface area contributed by atoms with Crippen LogP contribution in [-0.4, -0.2) is 23.2 Å². The maximum absolute atomic E-state index is 11.8. The first-order valence-electron chi connectivity index (χ1n) is 5.32. The fourth-order valence-corrected chi connectivity index (χ4v) is 1.56. The van der Waals surface area contributed by atoms with E-state index in [1.54, 1.807) is 25.1 Å². The molecule has 0 aliphatic rings. The van der Waals surface area contributed by atoms with Gasteiger partial charge in [-0.1, -0.05) is 36.2 Å². The van der Waals surface area contributed by atoms with Gasteiger partial charge in [-0.05, 0) is 25.5 Å². The van der Waals surface area contributed by atoms with Crippen LogP contribution in [0.2, 0.25) is 10.0 Å². The summed E-state index contributed by atoms with van der Waals surface area (Å²) in [4.78, 5) is 11.8. The molecule has 3 nitrogen and oxygen atoms in total. The van der Waals surface area contributed by atoms with Gasteiger partial charge in [0.1, 0.15) is 0 Å². The van der Waals surface area contributed by atoms with E-state index in [1.807, 2.05) is 6.92 Å². The van der Waals surface area contributed by atoms with Crippen LogP contribution in [0.25, 0.3) is 0 Å². The maximum Gasteiger partial charge on any atom is 0.252 e. The number of amides is 1. The first-order chi connectivity index (χ1) is 7.87. The van der Waals surface area contributed by atoms with E-state index in [1.165, 1.54) is 0 Å². The van der Waals surface area contributed by atoms with Crippen LogP contribution in [0, 0.1) is 0 Å². The van der Waals surface area contributed by atoms with Crippen LogP contribution in [-0.2, 0) is 0 Å². The lowest BCUT2D eigenvalue weighted by molar-refractivity contribution is 0.0518. The number of halogens is 2. The Bertz CT molecular complexity index is 419. The third-order valence-electron chi connectivity index (χ3n) is 2.59. The third kappa shape index (κ3) is 3.87. The van der Waals surface area contributed by atoms with Crippen LogP contribution in [0.3, 0.4) is 0 Å². The molecule has 0 unspecified atom stereocenters. The van der Waals surface area contributed by atoms with Gasteiger partial charge in [-0.25, -0.2) is 0 Å². The minimum absolute atomic E-state index is 0.172. The lowest BCUT2D eigenvalue weighted by atomic mass is 10.0. The normalized spacial score (nSPS) is 14.2. The first-order valence-corrected chi connectivity index (χ1v) is 6.07. The van der Waals surface area contributed by atoms with E-state index < -0.39 is 5.60 Å². The van der Waals surface area contributed by atoms with Crippen LogP contribution in [0.4, 0.5) is 0 Å². The fourth-order valence-electron chi connectivity index (χ4n) is 1.17. The highest BCUT2D eigenvalue weighted by Gasteiger charge is 2.20. The van der Waals surface area contributed by atoms with Crippen molar-refractivity contribution in [2.24, 2.45) is 0 Å². The van der Waals surface area contributed by atoms with E-state index >= 15 is 0 Å². The van der Waals surface area contributed by atoms with Crippen molar-refractivity contribution in [3.05, 3.63) is 33.8 Å². The Morgan fingerprint density at radius 2 is 2.12 bits per heavy atom. The Morgan fingerprint density at radius 3 is 2.71 bits per heavy atom. The standard InChI is InChI=1S/C12H15Cl2NO2/c1-3-12(2,17)7-15-11(16)8-5-4-6-9(13)10(8)14/h4-6,17H,3,7H2,1-2H3,(H,15,16)/t12-/m0/s1. The van der Waals surface area contributed by atoms with Crippen molar-refractivity contribution in [1.29, 1.82) is 0 Å². The van der Waals surface area contributed by atoms with E-state index in [0.29, 0.717) is 17.0 Å². The zero-order valence-corrected chi connectivity index (χ0v) is 11.3. The average Bonchev–Trinajstić information content (AvgIpc) is 2.30. The topological polar surface area (TPSA) is 49.3 Å². The lowest BCUT2D eigenvalue weighted by Crippen LogP contribution is -2.40. The van der Waals surface area contributed by atoms with Gasteiger partial charge >= 0.3 is 0 Å². The molecule has 1 aromatic rings. The number of benzene rings is 1. The molecule has 1 amide bonds. The molecule has 0 aromatic heterocycles. The highest BCUT2D eigenvalue weighted by molar-refractivity contribution is 6.43. The Balaban J connectivity index is 2.74. The van der Waals surface area contributed by atoms with Gasteiger partial charge in [0.25, 0.3) is 5.91 Å². The van der Waals surface area contributed by atoms with Gasteiger partial charge in [0, 0.05) is 6.54 Å². The molecule has 0 heterocycles. The molecule has 0 radical (unpaired) electrons. The largest absolute Gasteiger partial charge is 0.388 e. The molecule has 0 saturated heterocycles. The molecule has 1 aromatic carbocycles. The number of nitrogens with one attached hydrogen (secondary N) is 1. The van der Waals surface area contributed by atoms with Crippen LogP contribution >= 0.6 is 23.2 Å². The van der Waals surface area contributed by atoms with Crippen LogP contribution < -0.4 is 5.32 Å². The van der Waals surface area contributed by atoms with Gasteiger partial charge in [0.15, 0.2) is 0 Å². The van der Waals surface area contributed by atoms with Gasteiger partial charge in [-0.15, -0.1) is 0 Å². The SMILES string of the molecule is CC[C@](C)(O)CNC(=O)c1cccc(Cl)c1Cl. The maximum atomic E-state index is 11.8. The number of hydrogen-bond acceptors (Lipinski definition) is 2. The van der Waals surface area contributed by atoms with Crippen molar-refractivity contribution < 1.29 is 9.90 Å². The minimum Gasteiger partial charge on any atom is -0.388 e. The van der Waals surface area contributed by atoms with E-state index in [0.717, 1.165) is 0 Å². The Hall–Kier alpha value is -0.770. The van der Waals surface area contributed by atoms with Crippen molar-refractivity contribution in [3.63, 3.8) is 0 Å². The van der Waals surface area contributed by atoms with Crippen molar-refractivity contribution in [1.82, 2.24) is 5.32 Å². The fraction of sp³-hybridized carbons (Fsp3) is 0.417. The number of carbonyl (C=O) groups is 1. The summed E-state index contributed by atoms with van der Waals surface area (Å²) in [6.07, 6.45) is 0.552. The molecule has 0 spiro atoms. The number of carbonyl (C=O) groups excluding carboxylic acids is 1. The van der Waals surface area contributed by atoms with Gasteiger partial charge < -0.3 is 10.4 Å². The summed E-state index contributed by atoms with van der Waals surface area (Å²) >= 11 is 11.7. The van der Waals surface area contributed by atoms with Gasteiger partial charge in [-0.2, -0.15) is 0 Å². The summed E-state index contributed by atoms with van der Waals surface area (Å²) in [6, 6.07) is 4.86. The van der Waals surface area contributed by atoms with Crippen molar-refractivity contribution >= 4 is 29.1 Å². The van der Waals surface area contributed by atoms with E-state index in [2.05, 4.69) is 5.32 Å². The lowest BCUT2D eigenvalue weighted by Gasteiger charge is -2.21. The molecule has 17 heavy (non-hydrogen) atoms. The van der Waals surface area contributed by atoms with Gasteiger partial charge in [-0.3, -0.25) is 4.79 Å². The molecule has 94 valence electrons. The van der Waals surface area contributed by atoms with Crippen LogP contribution in [0.15, 0.2) is 18.2 Å². The monoisotopic (exact) mass is 275 g/mol. The predicted octanol–water partition coefficient (Wildman–Crippen LogP) is 2.88. The number of aliphatic hydroxyl groups is 1. The molecule has 1 rings (SSSR count). The second-order valence-electron chi connectivity index (χ2n) is 4.13. The Kier molecular flexibility index (Phi) is 4.80. The molecule has 0 aliphatic carbocycles. The van der Waals surface area contributed by atoms with E-state index in [4.69, 9.17) is 23.2 Å². The van der Waals surface area contributed by atoms with Crippen molar-refractivity contribution in [2.75, 3.05) is 6.54 Å². The van der Waals surface area contributed by atoms with Crippen LogP contribution in [0.5, 0.6) is 0 Å². The summed E-state index contributed by atoms with van der Waals surface area (Å²) in [7, 11) is 0. The second kappa shape index (κ2) is 5.71. The molecule has 1 atom stereocenters. The smallest absolute Gasteiger partial charge is 0.252 e. The summed E-state index contributed by atoms with van der Waals surface area (Å²) in [5.74, 6) is -0.341. The highest BCUT2D eigenvalue weighted by Crippen LogP contribution is 2.25. The van der Waals surface area contributed by atoms with Gasteiger partial charge in [0.05, 0.1) is 21.2 Å². The van der Waals surface area contributed by atoms with Crippen molar-refractivity contribution in [2.45, 2.75) is 25.9 Å². The summed E-state index contributed by atoms with van der Waals surface area (Å²) in [5.41, 5.74) is -0.605. The van der Waals surface area contributed by atoms with E-state index in [9.17, 15) is 9.90 Å². The number of hydrogen-bond donors (Lipinski definition) is 2. The molecule has 0 fully saturated rings. The summed E-state index contributed by atoms with van der Waals surface area (Å²) < 4.78 is 0. The molecular formula is C12H15Cl2NO2. The molecule has 0 bridgehead atoms. The molecule has 0 saturated carbocycles. The first kappa shape index (κ1) is 14.3. The predicted molar refractivity (Wildman–Crippen MR) is 69.7 cm³/mol. The summed E-state index contributed by atoms with van der Waals surface area (Å²) in [6.45, 7) is 3.68. The van der Waals surface area contributed by atoms with E-state index in [-0.39, 0.29) is 17.5 Å². The average molecular weight is 276 g/mol. The Morgan fingerprint density at radius 1 is 1.47 bits per heavy atom. The second-order valence-corrected chi connectivity index (χ2v) is 4.92. The Labute approximate surface area is 111 Å². The molecular weight excluding hydrogens is 261 g/mol. The zero-order chi connectivity index (χ0) is 13.1. The van der Waals surface area contributed by atoms with Crippen molar-refractivity contribution in [3.8, 4) is 0 Å². The van der Waals surface area contributed by atoms with Gasteiger partial charge in [0.2, 0.25) is 0 Å². The third-order valence-corrected chi connectivity index (χ3v) is 3.41. The molecule has 5 heteroatoms. The summed E-state index contributed by atoms with van der Waals surface area (Å²) in [5, 5.41) is 13.0. The molecule has 2 N–H and O–H groups in total. The number of rotatable bonds is 4. The quantitative estimate of drug-likeness (QED) is 0.888. The molecule has 0 aliphatic heterocycles.